The molecule has 1 aromatic rings. The normalized spacial score (nSPS) is 12.9. The Hall–Kier alpha value is -1.89. The van der Waals surface area contributed by atoms with Crippen molar-refractivity contribution in [1.82, 2.24) is 5.32 Å². The molecule has 0 saturated carbocycles. The molecule has 0 aliphatic heterocycles. The van der Waals surface area contributed by atoms with Crippen LogP contribution in [0.5, 0.6) is 0 Å². The molecule has 1 unspecified atom stereocenters. The smallest absolute Gasteiger partial charge is 0.408 e. The fourth-order valence-corrected chi connectivity index (χ4v) is 3.96. The van der Waals surface area contributed by atoms with E-state index in [0.717, 1.165) is 0 Å². The summed E-state index contributed by atoms with van der Waals surface area (Å²) in [5.74, 6) is -0.659. The van der Waals surface area contributed by atoms with Crippen LogP contribution in [0.15, 0.2) is 24.3 Å². The first-order valence-electron chi connectivity index (χ1n) is 9.22. The Balaban J connectivity index is 3.25. The van der Waals surface area contributed by atoms with Gasteiger partial charge < -0.3 is 23.8 Å². The zero-order valence-electron chi connectivity index (χ0n) is 17.3. The number of rotatable bonds is 9. The molecule has 1 rings (SSSR count). The van der Waals surface area contributed by atoms with Crippen molar-refractivity contribution in [3.63, 3.8) is 0 Å². The third kappa shape index (κ3) is 7.26. The largest absolute Gasteiger partial charge is 0.464 e. The first kappa shape index (κ1) is 24.1. The molecule has 1 aromatic carbocycles. The zero-order valence-corrected chi connectivity index (χ0v) is 18.2. The second-order valence-electron chi connectivity index (χ2n) is 6.76. The number of amides is 1. The van der Waals surface area contributed by atoms with Crippen LogP contribution in [-0.2, 0) is 27.9 Å². The average Bonchev–Trinajstić information content (AvgIpc) is 2.59. The van der Waals surface area contributed by atoms with Crippen molar-refractivity contribution in [3.8, 4) is 0 Å². The standard InChI is InChI=1S/C19H30NO7P/c1-7-24-17(21)16(20-18(22)27-19(4,5)6)14-11-10-12-15(13-14)28(23,25-8-2)26-9-3/h10-13,16H,7-9H2,1-6H3,(H,20,22). The molecular formula is C19H30NO7P. The summed E-state index contributed by atoms with van der Waals surface area (Å²) < 4.78 is 34.0. The Bertz CT molecular complexity index is 704. The number of ether oxygens (including phenoxy) is 2. The average molecular weight is 415 g/mol. The third-order valence-corrected chi connectivity index (χ3v) is 5.41. The highest BCUT2D eigenvalue weighted by Gasteiger charge is 2.31. The molecule has 0 radical (unpaired) electrons. The van der Waals surface area contributed by atoms with Crippen molar-refractivity contribution in [1.29, 1.82) is 0 Å². The minimum absolute atomic E-state index is 0.140. The highest BCUT2D eigenvalue weighted by molar-refractivity contribution is 7.62. The van der Waals surface area contributed by atoms with E-state index in [2.05, 4.69) is 5.32 Å². The molecule has 1 N–H and O–H groups in total. The predicted molar refractivity (Wildman–Crippen MR) is 106 cm³/mol. The molecule has 0 heterocycles. The van der Waals surface area contributed by atoms with Crippen molar-refractivity contribution < 1.29 is 32.7 Å². The van der Waals surface area contributed by atoms with Gasteiger partial charge in [-0.05, 0) is 59.2 Å². The van der Waals surface area contributed by atoms with Crippen LogP contribution in [0.25, 0.3) is 0 Å². The van der Waals surface area contributed by atoms with Gasteiger partial charge in [0.1, 0.15) is 5.60 Å². The summed E-state index contributed by atoms with van der Waals surface area (Å²) in [6.45, 7) is 10.8. The van der Waals surface area contributed by atoms with Gasteiger partial charge >= 0.3 is 19.7 Å². The first-order chi connectivity index (χ1) is 13.1. The maximum Gasteiger partial charge on any atom is 0.408 e. The van der Waals surface area contributed by atoms with Gasteiger partial charge in [-0.3, -0.25) is 4.57 Å². The summed E-state index contributed by atoms with van der Waals surface area (Å²) in [6.07, 6.45) is -0.770. The third-order valence-electron chi connectivity index (χ3n) is 3.30. The Labute approximate surface area is 166 Å². The number of hydrogen-bond donors (Lipinski definition) is 1. The summed E-state index contributed by atoms with van der Waals surface area (Å²) in [6, 6.07) is 5.19. The number of benzene rings is 1. The molecular weight excluding hydrogens is 385 g/mol. The van der Waals surface area contributed by atoms with E-state index in [1.807, 2.05) is 0 Å². The van der Waals surface area contributed by atoms with Crippen LogP contribution >= 0.6 is 7.60 Å². The van der Waals surface area contributed by atoms with Gasteiger partial charge in [-0.25, -0.2) is 9.59 Å². The highest BCUT2D eigenvalue weighted by atomic mass is 31.2. The van der Waals surface area contributed by atoms with Crippen molar-refractivity contribution >= 4 is 25.0 Å². The van der Waals surface area contributed by atoms with Gasteiger partial charge in [-0.1, -0.05) is 12.1 Å². The van der Waals surface area contributed by atoms with Gasteiger partial charge in [0.2, 0.25) is 0 Å². The van der Waals surface area contributed by atoms with Gasteiger partial charge in [-0.2, -0.15) is 0 Å². The maximum absolute atomic E-state index is 13.0. The molecule has 28 heavy (non-hydrogen) atoms. The molecule has 1 amide bonds. The fraction of sp³-hybridized carbons (Fsp3) is 0.579. The molecule has 158 valence electrons. The van der Waals surface area contributed by atoms with Crippen LogP contribution in [-0.4, -0.2) is 37.5 Å². The van der Waals surface area contributed by atoms with Gasteiger partial charge in [0.25, 0.3) is 0 Å². The minimum Gasteiger partial charge on any atom is -0.464 e. The van der Waals surface area contributed by atoms with Crippen LogP contribution in [0.3, 0.4) is 0 Å². The van der Waals surface area contributed by atoms with Crippen molar-refractivity contribution in [2.24, 2.45) is 0 Å². The fourth-order valence-electron chi connectivity index (χ4n) is 2.33. The zero-order chi connectivity index (χ0) is 21.4. The van der Waals surface area contributed by atoms with Gasteiger partial charge in [0.15, 0.2) is 6.04 Å². The lowest BCUT2D eigenvalue weighted by atomic mass is 10.1. The summed E-state index contributed by atoms with van der Waals surface area (Å²) in [4.78, 5) is 24.6. The summed E-state index contributed by atoms with van der Waals surface area (Å²) >= 11 is 0. The van der Waals surface area contributed by atoms with E-state index in [9.17, 15) is 14.2 Å². The Morgan fingerprint density at radius 1 is 1.07 bits per heavy atom. The molecule has 0 spiro atoms. The quantitative estimate of drug-likeness (QED) is 0.485. The topological polar surface area (TPSA) is 100 Å². The van der Waals surface area contributed by atoms with E-state index in [-0.39, 0.29) is 25.1 Å². The van der Waals surface area contributed by atoms with E-state index < -0.39 is 31.3 Å². The van der Waals surface area contributed by atoms with Gasteiger partial charge in [0, 0.05) is 0 Å². The molecule has 8 nitrogen and oxygen atoms in total. The van der Waals surface area contributed by atoms with E-state index >= 15 is 0 Å². The molecule has 1 atom stereocenters. The number of hydrogen-bond acceptors (Lipinski definition) is 7. The van der Waals surface area contributed by atoms with E-state index in [0.29, 0.717) is 5.56 Å². The van der Waals surface area contributed by atoms with E-state index in [1.165, 1.54) is 6.07 Å². The lowest BCUT2D eigenvalue weighted by molar-refractivity contribution is -0.145. The van der Waals surface area contributed by atoms with Crippen molar-refractivity contribution in [3.05, 3.63) is 29.8 Å². The van der Waals surface area contributed by atoms with Crippen LogP contribution in [0.4, 0.5) is 4.79 Å². The summed E-state index contributed by atoms with van der Waals surface area (Å²) in [5, 5.41) is 2.80. The van der Waals surface area contributed by atoms with E-state index in [1.54, 1.807) is 59.7 Å². The second-order valence-corrected chi connectivity index (χ2v) is 8.79. The number of carbonyl (C=O) groups excluding carboxylic acids is 2. The molecule has 0 aliphatic carbocycles. The van der Waals surface area contributed by atoms with Crippen LogP contribution in [0.2, 0.25) is 0 Å². The van der Waals surface area contributed by atoms with Crippen molar-refractivity contribution in [2.75, 3.05) is 19.8 Å². The number of esters is 1. The molecule has 0 fully saturated rings. The predicted octanol–water partition coefficient (Wildman–Crippen LogP) is 3.71. The highest BCUT2D eigenvalue weighted by Crippen LogP contribution is 2.47. The lowest BCUT2D eigenvalue weighted by Gasteiger charge is -2.24. The number of carbonyl (C=O) groups is 2. The molecule has 0 bridgehead atoms. The monoisotopic (exact) mass is 415 g/mol. The van der Waals surface area contributed by atoms with Crippen LogP contribution < -0.4 is 10.6 Å². The van der Waals surface area contributed by atoms with Crippen LogP contribution in [0.1, 0.15) is 53.1 Å². The van der Waals surface area contributed by atoms with E-state index in [4.69, 9.17) is 18.5 Å². The van der Waals surface area contributed by atoms with Crippen molar-refractivity contribution in [2.45, 2.75) is 53.2 Å². The first-order valence-corrected chi connectivity index (χ1v) is 10.8. The Morgan fingerprint density at radius 3 is 2.18 bits per heavy atom. The second kappa shape index (κ2) is 10.6. The van der Waals surface area contributed by atoms with Crippen LogP contribution in [0, 0.1) is 0 Å². The SMILES string of the molecule is CCOC(=O)C(NC(=O)OC(C)(C)C)c1cccc(P(=O)(OCC)OCC)c1. The Morgan fingerprint density at radius 2 is 1.68 bits per heavy atom. The molecule has 9 heteroatoms. The minimum atomic E-state index is -3.55. The molecule has 0 saturated heterocycles. The maximum atomic E-state index is 13.0. The number of alkyl carbamates (subject to hydrolysis) is 1. The molecule has 0 aromatic heterocycles. The summed E-state index contributed by atoms with van der Waals surface area (Å²) in [5.41, 5.74) is -0.355. The van der Waals surface area contributed by atoms with Gasteiger partial charge in [-0.15, -0.1) is 0 Å². The number of nitrogens with one attached hydrogen (secondary N) is 1. The Kier molecular flexibility index (Phi) is 9.14. The lowest BCUT2D eigenvalue weighted by Crippen LogP contribution is -2.39. The van der Waals surface area contributed by atoms with Gasteiger partial charge in [0.05, 0.1) is 25.1 Å². The summed E-state index contributed by atoms with van der Waals surface area (Å²) in [7, 11) is -3.55. The molecule has 0 aliphatic rings.